The van der Waals surface area contributed by atoms with Gasteiger partial charge in [-0.1, -0.05) is 29.8 Å². The molecule has 20 heavy (non-hydrogen) atoms. The Morgan fingerprint density at radius 2 is 1.85 bits per heavy atom. The third-order valence-corrected chi connectivity index (χ3v) is 3.76. The van der Waals surface area contributed by atoms with Gasteiger partial charge in [-0.2, -0.15) is 0 Å². The van der Waals surface area contributed by atoms with Gasteiger partial charge in [0.1, 0.15) is 0 Å². The first kappa shape index (κ1) is 14.3. The molecule has 0 spiro atoms. The minimum Gasteiger partial charge on any atom is -0.381 e. The van der Waals surface area contributed by atoms with Crippen LogP contribution in [0.5, 0.6) is 0 Å². The number of nitrogens with zero attached hydrogens (tertiary/aromatic N) is 1. The molecule has 2 aromatic rings. The van der Waals surface area contributed by atoms with Crippen LogP contribution in [0, 0.1) is 24.0 Å². The Labute approximate surface area is 122 Å². The van der Waals surface area contributed by atoms with Gasteiger partial charge in [0.2, 0.25) is 0 Å². The second-order valence-corrected chi connectivity index (χ2v) is 4.99. The van der Waals surface area contributed by atoms with Crippen molar-refractivity contribution in [3.63, 3.8) is 0 Å². The Bertz CT molecular complexity index is 656. The molecule has 4 nitrogen and oxygen atoms in total. The summed E-state index contributed by atoms with van der Waals surface area (Å²) in [6.45, 7) is 4.22. The van der Waals surface area contributed by atoms with E-state index in [2.05, 4.69) is 5.32 Å². The van der Waals surface area contributed by atoms with E-state index >= 15 is 0 Å². The number of nitrogens with one attached hydrogen (secondary N) is 1. The minimum atomic E-state index is -0.358. The largest absolute Gasteiger partial charge is 0.381 e. The Morgan fingerprint density at radius 1 is 1.15 bits per heavy atom. The summed E-state index contributed by atoms with van der Waals surface area (Å²) in [5.41, 5.74) is 3.64. The maximum atomic E-state index is 10.9. The number of rotatable bonds is 4. The van der Waals surface area contributed by atoms with Gasteiger partial charge in [-0.15, -0.1) is 0 Å². The molecule has 2 aromatic carbocycles. The van der Waals surface area contributed by atoms with Gasteiger partial charge in [0.15, 0.2) is 0 Å². The van der Waals surface area contributed by atoms with Crippen molar-refractivity contribution in [1.29, 1.82) is 0 Å². The average molecular weight is 291 g/mol. The maximum absolute atomic E-state index is 10.9. The van der Waals surface area contributed by atoms with Crippen LogP contribution < -0.4 is 5.32 Å². The lowest BCUT2D eigenvalue weighted by Crippen LogP contribution is -2.04. The molecule has 0 aromatic heterocycles. The van der Waals surface area contributed by atoms with Crippen molar-refractivity contribution in [3.8, 4) is 0 Å². The van der Waals surface area contributed by atoms with E-state index in [1.54, 1.807) is 13.0 Å². The second kappa shape index (κ2) is 5.92. The van der Waals surface area contributed by atoms with E-state index in [-0.39, 0.29) is 10.6 Å². The van der Waals surface area contributed by atoms with Crippen LogP contribution >= 0.6 is 11.6 Å². The number of nitro groups is 1. The zero-order valence-electron chi connectivity index (χ0n) is 11.3. The molecular formula is C15H15ClN2O2. The van der Waals surface area contributed by atoms with Crippen LogP contribution in [-0.4, -0.2) is 4.92 Å². The van der Waals surface area contributed by atoms with Gasteiger partial charge in [0.05, 0.1) is 4.92 Å². The number of halogens is 1. The fourth-order valence-electron chi connectivity index (χ4n) is 2.05. The monoisotopic (exact) mass is 290 g/mol. The molecule has 0 aliphatic carbocycles. The quantitative estimate of drug-likeness (QED) is 0.667. The number of nitro benzene ring substituents is 1. The molecule has 5 heteroatoms. The standard InChI is InChI=1S/C15H15ClN2O2/c1-10-12(5-3-8-15(10)18(19)20)9-17-14-7-4-6-13(16)11(14)2/h3-8,17H,9H2,1-2H3. The zero-order chi connectivity index (χ0) is 14.7. The number of benzene rings is 2. The van der Waals surface area contributed by atoms with Crippen molar-refractivity contribution in [2.24, 2.45) is 0 Å². The van der Waals surface area contributed by atoms with Crippen LogP contribution in [0.25, 0.3) is 0 Å². The summed E-state index contributed by atoms with van der Waals surface area (Å²) in [4.78, 5) is 10.6. The van der Waals surface area contributed by atoms with E-state index in [1.165, 1.54) is 6.07 Å². The summed E-state index contributed by atoms with van der Waals surface area (Å²) in [7, 11) is 0. The Kier molecular flexibility index (Phi) is 4.25. The van der Waals surface area contributed by atoms with E-state index in [0.29, 0.717) is 17.1 Å². The molecule has 0 aliphatic heterocycles. The molecule has 0 amide bonds. The third-order valence-electron chi connectivity index (χ3n) is 3.35. The van der Waals surface area contributed by atoms with Crippen LogP contribution in [0.1, 0.15) is 16.7 Å². The normalized spacial score (nSPS) is 10.3. The zero-order valence-corrected chi connectivity index (χ0v) is 12.1. The van der Waals surface area contributed by atoms with Crippen molar-refractivity contribution in [1.82, 2.24) is 0 Å². The van der Waals surface area contributed by atoms with Gasteiger partial charge in [-0.25, -0.2) is 0 Å². The summed E-state index contributed by atoms with van der Waals surface area (Å²) < 4.78 is 0. The Morgan fingerprint density at radius 3 is 2.55 bits per heavy atom. The van der Waals surface area contributed by atoms with Gasteiger partial charge in [-0.3, -0.25) is 10.1 Å². The summed E-state index contributed by atoms with van der Waals surface area (Å²) in [5.74, 6) is 0. The van der Waals surface area contributed by atoms with Crippen LogP contribution in [0.15, 0.2) is 36.4 Å². The molecular weight excluding hydrogens is 276 g/mol. The van der Waals surface area contributed by atoms with Crippen molar-refractivity contribution >= 4 is 23.0 Å². The van der Waals surface area contributed by atoms with E-state index in [1.807, 2.05) is 31.2 Å². The first-order valence-electron chi connectivity index (χ1n) is 6.22. The van der Waals surface area contributed by atoms with Gasteiger partial charge in [0, 0.05) is 28.9 Å². The van der Waals surface area contributed by atoms with Crippen LogP contribution in [0.3, 0.4) is 0 Å². The highest BCUT2D eigenvalue weighted by molar-refractivity contribution is 6.31. The highest BCUT2D eigenvalue weighted by Crippen LogP contribution is 2.25. The predicted octanol–water partition coefficient (Wildman–Crippen LogP) is 4.48. The van der Waals surface area contributed by atoms with Crippen molar-refractivity contribution in [2.75, 3.05) is 5.32 Å². The summed E-state index contributed by atoms with van der Waals surface area (Å²) in [6, 6.07) is 10.7. The molecule has 0 heterocycles. The topological polar surface area (TPSA) is 55.2 Å². The second-order valence-electron chi connectivity index (χ2n) is 4.58. The maximum Gasteiger partial charge on any atom is 0.272 e. The van der Waals surface area contributed by atoms with E-state index in [4.69, 9.17) is 11.6 Å². The SMILES string of the molecule is Cc1c(Cl)cccc1NCc1cccc([N+](=O)[O-])c1C. The molecule has 0 saturated carbocycles. The van der Waals surface area contributed by atoms with E-state index in [0.717, 1.165) is 16.8 Å². The molecule has 0 aliphatic rings. The lowest BCUT2D eigenvalue weighted by Gasteiger charge is -2.12. The lowest BCUT2D eigenvalue weighted by atomic mass is 10.1. The Balaban J connectivity index is 2.21. The molecule has 1 N–H and O–H groups in total. The van der Waals surface area contributed by atoms with Gasteiger partial charge in [0.25, 0.3) is 5.69 Å². The fourth-order valence-corrected chi connectivity index (χ4v) is 2.22. The van der Waals surface area contributed by atoms with Crippen molar-refractivity contribution < 1.29 is 4.92 Å². The Hall–Kier alpha value is -2.07. The smallest absolute Gasteiger partial charge is 0.272 e. The highest BCUT2D eigenvalue weighted by Gasteiger charge is 2.13. The van der Waals surface area contributed by atoms with Gasteiger partial charge in [-0.05, 0) is 37.1 Å². The first-order chi connectivity index (χ1) is 9.50. The van der Waals surface area contributed by atoms with Gasteiger partial charge < -0.3 is 5.32 Å². The first-order valence-corrected chi connectivity index (χ1v) is 6.60. The average Bonchev–Trinajstić information content (AvgIpc) is 2.41. The van der Waals surface area contributed by atoms with Crippen molar-refractivity contribution in [3.05, 3.63) is 68.2 Å². The van der Waals surface area contributed by atoms with Crippen LogP contribution in [0.2, 0.25) is 5.02 Å². The van der Waals surface area contributed by atoms with E-state index < -0.39 is 0 Å². The van der Waals surface area contributed by atoms with Gasteiger partial charge >= 0.3 is 0 Å². The number of hydrogen-bond donors (Lipinski definition) is 1. The minimum absolute atomic E-state index is 0.145. The van der Waals surface area contributed by atoms with Crippen LogP contribution in [0.4, 0.5) is 11.4 Å². The molecule has 0 atom stereocenters. The summed E-state index contributed by atoms with van der Waals surface area (Å²) in [5, 5.41) is 14.9. The molecule has 0 fully saturated rings. The molecule has 2 rings (SSSR count). The van der Waals surface area contributed by atoms with E-state index in [9.17, 15) is 10.1 Å². The highest BCUT2D eigenvalue weighted by atomic mass is 35.5. The molecule has 104 valence electrons. The lowest BCUT2D eigenvalue weighted by molar-refractivity contribution is -0.385. The number of anilines is 1. The molecule has 0 bridgehead atoms. The summed E-state index contributed by atoms with van der Waals surface area (Å²) in [6.07, 6.45) is 0. The van der Waals surface area contributed by atoms with Crippen LogP contribution in [-0.2, 0) is 6.54 Å². The molecule has 0 saturated heterocycles. The summed E-state index contributed by atoms with van der Waals surface area (Å²) >= 11 is 6.06. The molecule has 0 unspecified atom stereocenters. The molecule has 0 radical (unpaired) electrons. The fraction of sp³-hybridized carbons (Fsp3) is 0.200. The predicted molar refractivity (Wildman–Crippen MR) is 81.3 cm³/mol. The third kappa shape index (κ3) is 2.91. The number of hydrogen-bond acceptors (Lipinski definition) is 3. The van der Waals surface area contributed by atoms with Crippen molar-refractivity contribution in [2.45, 2.75) is 20.4 Å².